The van der Waals surface area contributed by atoms with Crippen LogP contribution in [0.3, 0.4) is 0 Å². The van der Waals surface area contributed by atoms with E-state index in [0.29, 0.717) is 72.8 Å². The van der Waals surface area contributed by atoms with E-state index in [1.165, 1.54) is 62.5 Å². The zero-order valence-electron chi connectivity index (χ0n) is 35.6. The van der Waals surface area contributed by atoms with Crippen molar-refractivity contribution in [3.05, 3.63) is 23.3 Å². The van der Waals surface area contributed by atoms with Crippen molar-refractivity contribution >= 4 is 23.5 Å². The zero-order chi connectivity index (χ0) is 39.3. The quantitative estimate of drug-likeness (QED) is 0.137. The largest absolute Gasteiger partial charge is 0.462 e. The van der Waals surface area contributed by atoms with Crippen LogP contribution in [0, 0.1) is 57.2 Å². The van der Waals surface area contributed by atoms with Gasteiger partial charge in [0.15, 0.2) is 11.6 Å². The Kier molecular flexibility index (Phi) is 11.6. The number of fused-ring (bicyclic) bond motifs is 10. The molecular weight excluding hydrogens is 697 g/mol. The van der Waals surface area contributed by atoms with Crippen LogP contribution in [0.5, 0.6) is 0 Å². The lowest BCUT2D eigenvalue weighted by molar-refractivity contribution is -0.160. The summed E-state index contributed by atoms with van der Waals surface area (Å²) in [5.74, 6) is 4.65. The Morgan fingerprint density at radius 3 is 1.30 bits per heavy atom. The number of allylic oxidation sites excluding steroid dienone is 2. The lowest BCUT2D eigenvalue weighted by Crippen LogP contribution is -2.51. The van der Waals surface area contributed by atoms with Crippen LogP contribution >= 0.6 is 0 Å². The van der Waals surface area contributed by atoms with Gasteiger partial charge in [-0.05, 0) is 161 Å². The van der Waals surface area contributed by atoms with Gasteiger partial charge in [0.1, 0.15) is 12.2 Å². The topological polar surface area (TPSA) is 86.7 Å². The maximum Gasteiger partial charge on any atom is 0.306 e. The predicted octanol–water partition coefficient (Wildman–Crippen LogP) is 11.8. The Hall–Kier alpha value is -2.24. The van der Waals surface area contributed by atoms with Crippen molar-refractivity contribution in [1.82, 2.24) is 0 Å². The summed E-state index contributed by atoms with van der Waals surface area (Å²) >= 11 is 0. The summed E-state index contributed by atoms with van der Waals surface area (Å²) in [5, 5.41) is 0. The number of rotatable bonds is 13. The van der Waals surface area contributed by atoms with E-state index in [1.807, 2.05) is 12.2 Å². The first kappa shape index (κ1) is 40.5. The van der Waals surface area contributed by atoms with Gasteiger partial charge in [-0.3, -0.25) is 19.2 Å². The number of hydrogen-bond acceptors (Lipinski definition) is 6. The van der Waals surface area contributed by atoms with E-state index in [4.69, 9.17) is 9.47 Å². The number of esters is 2. The first-order valence-electron chi connectivity index (χ1n) is 23.7. The van der Waals surface area contributed by atoms with Crippen LogP contribution in [0.1, 0.15) is 195 Å². The molecule has 6 nitrogen and oxygen atoms in total. The normalized spacial score (nSPS) is 42.6. The Labute approximate surface area is 338 Å². The first-order chi connectivity index (χ1) is 26.8. The fourth-order valence-electron chi connectivity index (χ4n) is 15.4. The molecule has 0 saturated heterocycles. The predicted molar refractivity (Wildman–Crippen MR) is 219 cm³/mol. The Morgan fingerprint density at radius 1 is 0.500 bits per heavy atom. The van der Waals surface area contributed by atoms with Gasteiger partial charge in [0.05, 0.1) is 0 Å². The molecule has 6 heteroatoms. The lowest BCUT2D eigenvalue weighted by atomic mass is 9.47. The van der Waals surface area contributed by atoms with Crippen LogP contribution in [0.2, 0.25) is 0 Å². The molecule has 0 aromatic carbocycles. The van der Waals surface area contributed by atoms with Crippen LogP contribution in [-0.4, -0.2) is 35.7 Å². The summed E-state index contributed by atoms with van der Waals surface area (Å²) in [5.41, 5.74) is 3.43. The average Bonchev–Trinajstić information content (AvgIpc) is 3.68. The molecule has 56 heavy (non-hydrogen) atoms. The maximum absolute atomic E-state index is 13.0. The van der Waals surface area contributed by atoms with Crippen molar-refractivity contribution in [3.63, 3.8) is 0 Å². The van der Waals surface area contributed by atoms with E-state index in [0.717, 1.165) is 89.9 Å². The van der Waals surface area contributed by atoms with Crippen LogP contribution in [0.4, 0.5) is 0 Å². The van der Waals surface area contributed by atoms with E-state index in [-0.39, 0.29) is 45.8 Å². The summed E-state index contributed by atoms with van der Waals surface area (Å²) in [6, 6.07) is 0. The molecule has 0 aliphatic heterocycles. The Bertz CT molecular complexity index is 1470. The van der Waals surface area contributed by atoms with E-state index < -0.39 is 0 Å². The minimum atomic E-state index is 0.00448. The minimum absolute atomic E-state index is 0.00448. The van der Waals surface area contributed by atoms with Crippen LogP contribution < -0.4 is 0 Å². The van der Waals surface area contributed by atoms with E-state index in [9.17, 15) is 19.2 Å². The average molecular weight is 771 g/mol. The lowest BCUT2D eigenvalue weighted by Gasteiger charge is -2.57. The van der Waals surface area contributed by atoms with Gasteiger partial charge in [-0.1, -0.05) is 77.4 Å². The van der Waals surface area contributed by atoms with Gasteiger partial charge >= 0.3 is 11.9 Å². The van der Waals surface area contributed by atoms with Crippen molar-refractivity contribution in [2.24, 2.45) is 57.2 Å². The molecule has 8 aliphatic carbocycles. The first-order valence-corrected chi connectivity index (χ1v) is 23.7. The molecule has 8 rings (SSSR count). The number of carbonyl (C=O) groups is 4. The van der Waals surface area contributed by atoms with E-state index in [1.54, 1.807) is 0 Å². The standard InChI is InChI=1S/C50H74O6/c1-47-27-23-35(51)31-33(47)15-17-37-39-19-21-43(49(39,3)29-25-41(37)47)55-45(53)13-11-9-7-5-6-8-10-12-14-46(54)56-44-22-20-40-38-18-16-34-32-36(52)24-28-48(34,2)42(38)26-30-50(40,44)4/h31-32,37-44H,5-30H2,1-4H3/t37?,38?,39?,40?,41?,42?,43-,44-,47-,48-,49-,50-/m0/s1. The van der Waals surface area contributed by atoms with Gasteiger partial charge in [-0.15, -0.1) is 0 Å². The second-order valence-electron chi connectivity index (χ2n) is 21.5. The fraction of sp³-hybridized carbons (Fsp3) is 0.840. The molecule has 0 spiro atoms. The molecule has 0 radical (unpaired) electrons. The Balaban J connectivity index is 0.680. The van der Waals surface area contributed by atoms with Crippen LogP contribution in [0.25, 0.3) is 0 Å². The molecule has 0 aromatic heterocycles. The smallest absolute Gasteiger partial charge is 0.306 e. The van der Waals surface area contributed by atoms with E-state index >= 15 is 0 Å². The van der Waals surface area contributed by atoms with Crippen LogP contribution in [0.15, 0.2) is 23.3 Å². The third-order valence-electron chi connectivity index (χ3n) is 18.8. The summed E-state index contributed by atoms with van der Waals surface area (Å²) < 4.78 is 12.6. The molecule has 12 atom stereocenters. The highest BCUT2D eigenvalue weighted by molar-refractivity contribution is 5.92. The second kappa shape index (κ2) is 16.1. The molecule has 6 unspecified atom stereocenters. The monoisotopic (exact) mass is 771 g/mol. The second-order valence-corrected chi connectivity index (χ2v) is 21.5. The summed E-state index contributed by atoms with van der Waals surface area (Å²) in [4.78, 5) is 50.4. The van der Waals surface area contributed by atoms with Crippen molar-refractivity contribution < 1.29 is 28.7 Å². The SMILES string of the molecule is C[C@]12CCC(=O)C=C1CCC1C2CC[C@@]2(C)C1CC[C@@H]2OC(=O)CCCCCCCCCCC(=O)O[C@H]1CCC2C3CCC4=CC(=O)CC[C@]4(C)C3CC[C@@]21C. The molecule has 6 saturated carbocycles. The maximum atomic E-state index is 13.0. The molecular formula is C50H74O6. The third-order valence-corrected chi connectivity index (χ3v) is 18.8. The highest BCUT2D eigenvalue weighted by atomic mass is 16.5. The molecule has 0 heterocycles. The molecule has 0 bridgehead atoms. The number of unbranched alkanes of at least 4 members (excludes halogenated alkanes) is 7. The zero-order valence-corrected chi connectivity index (χ0v) is 35.6. The molecule has 8 aliphatic rings. The van der Waals surface area contributed by atoms with Gasteiger partial charge < -0.3 is 9.47 Å². The highest BCUT2D eigenvalue weighted by Crippen LogP contribution is 2.67. The third kappa shape index (κ3) is 7.34. The molecule has 310 valence electrons. The number of ether oxygens (including phenoxy) is 2. The van der Waals surface area contributed by atoms with Crippen molar-refractivity contribution in [2.45, 2.75) is 207 Å². The highest BCUT2D eigenvalue weighted by Gasteiger charge is 2.61. The number of hydrogen-bond donors (Lipinski definition) is 0. The van der Waals surface area contributed by atoms with Gasteiger partial charge in [0.2, 0.25) is 0 Å². The molecule has 0 aromatic rings. The van der Waals surface area contributed by atoms with Gasteiger partial charge in [0, 0.05) is 36.5 Å². The number of carbonyl (C=O) groups excluding carboxylic acids is 4. The summed E-state index contributed by atoms with van der Waals surface area (Å²) in [7, 11) is 0. The number of ketones is 2. The fourth-order valence-corrected chi connectivity index (χ4v) is 15.4. The summed E-state index contributed by atoms with van der Waals surface area (Å²) in [6.45, 7) is 9.72. The van der Waals surface area contributed by atoms with E-state index in [2.05, 4.69) is 27.7 Å². The Morgan fingerprint density at radius 2 is 0.893 bits per heavy atom. The van der Waals surface area contributed by atoms with Gasteiger partial charge in [-0.25, -0.2) is 0 Å². The summed E-state index contributed by atoms with van der Waals surface area (Å²) in [6.07, 6.45) is 30.9. The van der Waals surface area contributed by atoms with Crippen LogP contribution in [-0.2, 0) is 28.7 Å². The van der Waals surface area contributed by atoms with Crippen molar-refractivity contribution in [3.8, 4) is 0 Å². The van der Waals surface area contributed by atoms with Gasteiger partial charge in [0.25, 0.3) is 0 Å². The molecule has 6 fully saturated rings. The minimum Gasteiger partial charge on any atom is -0.462 e. The van der Waals surface area contributed by atoms with Gasteiger partial charge in [-0.2, -0.15) is 0 Å². The molecule has 0 amide bonds. The van der Waals surface area contributed by atoms with Crippen molar-refractivity contribution in [1.29, 1.82) is 0 Å². The molecule has 0 N–H and O–H groups in total. The van der Waals surface area contributed by atoms with Crippen molar-refractivity contribution in [2.75, 3.05) is 0 Å².